The van der Waals surface area contributed by atoms with Gasteiger partial charge in [-0.1, -0.05) is 30.3 Å². The van der Waals surface area contributed by atoms with Crippen molar-refractivity contribution in [1.82, 2.24) is 4.98 Å². The van der Waals surface area contributed by atoms with Crippen molar-refractivity contribution in [2.45, 2.75) is 24.0 Å². The third kappa shape index (κ3) is 3.91. The third-order valence-corrected chi connectivity index (χ3v) is 6.04. The number of halogens is 2. The van der Waals surface area contributed by atoms with Gasteiger partial charge in [-0.2, -0.15) is 14.0 Å². The number of ether oxygens (including phenoxy) is 2. The molecule has 10 heteroatoms. The Kier molecular flexibility index (Phi) is 5.32. The summed E-state index contributed by atoms with van der Waals surface area (Å²) >= 11 is 0. The number of amidine groups is 1. The molecule has 0 bridgehead atoms. The van der Waals surface area contributed by atoms with Crippen molar-refractivity contribution in [3.05, 3.63) is 89.2 Å². The van der Waals surface area contributed by atoms with Gasteiger partial charge in [0.15, 0.2) is 12.1 Å². The molecule has 2 unspecified atom stereocenters. The third-order valence-electron chi connectivity index (χ3n) is 6.04. The highest BCUT2D eigenvalue weighted by Gasteiger charge is 2.62. The molecule has 2 aromatic carbocycles. The molecule has 2 aliphatic heterocycles. The molecule has 2 atom stereocenters. The molecular formula is C25H19F2N5O3. The van der Waals surface area contributed by atoms with Crippen molar-refractivity contribution in [3.63, 3.8) is 0 Å². The summed E-state index contributed by atoms with van der Waals surface area (Å²) in [5.74, 6) is -3.76. The van der Waals surface area contributed by atoms with Crippen LogP contribution in [0.15, 0.2) is 71.9 Å². The molecule has 0 aliphatic carbocycles. The largest absolute Gasteiger partial charge is 0.485 e. The minimum Gasteiger partial charge on any atom is -0.485 e. The fourth-order valence-electron chi connectivity index (χ4n) is 4.29. The number of carbonyl (C=O) groups excluding carboxylic acids is 1. The van der Waals surface area contributed by atoms with Gasteiger partial charge in [-0.25, -0.2) is 9.98 Å². The number of anilines is 1. The Bertz CT molecular complexity index is 1360. The summed E-state index contributed by atoms with van der Waals surface area (Å²) in [5, 5.41) is 11.5. The summed E-state index contributed by atoms with van der Waals surface area (Å²) in [7, 11) is 0. The number of hydrogen-bond acceptors (Lipinski definition) is 7. The lowest BCUT2D eigenvalue weighted by atomic mass is 9.75. The maximum atomic E-state index is 15.6. The van der Waals surface area contributed by atoms with Gasteiger partial charge in [0.05, 0.1) is 5.56 Å². The molecule has 176 valence electrons. The number of benzene rings is 2. The molecule has 0 fully saturated rings. The molecule has 0 radical (unpaired) electrons. The molecule has 1 spiro atoms. The van der Waals surface area contributed by atoms with Gasteiger partial charge < -0.3 is 20.5 Å². The lowest BCUT2D eigenvalue weighted by molar-refractivity contribution is -0.139. The number of nitrogens with one attached hydrogen (secondary N) is 1. The van der Waals surface area contributed by atoms with E-state index in [4.69, 9.17) is 20.5 Å². The van der Waals surface area contributed by atoms with E-state index in [1.54, 1.807) is 30.3 Å². The Labute approximate surface area is 199 Å². The minimum atomic E-state index is -3.40. The molecule has 3 N–H and O–H groups in total. The van der Waals surface area contributed by atoms with Crippen LogP contribution in [0.4, 0.5) is 14.5 Å². The summed E-state index contributed by atoms with van der Waals surface area (Å²) in [6, 6.07) is 18.0. The average molecular weight is 475 g/mol. The van der Waals surface area contributed by atoms with Crippen LogP contribution < -0.4 is 15.8 Å². The number of nitriles is 1. The van der Waals surface area contributed by atoms with E-state index >= 15 is 8.78 Å². The minimum absolute atomic E-state index is 0.0653. The van der Waals surface area contributed by atoms with Crippen LogP contribution in [0.1, 0.15) is 39.7 Å². The molecule has 5 rings (SSSR count). The molecule has 35 heavy (non-hydrogen) atoms. The Morgan fingerprint density at radius 1 is 1.17 bits per heavy atom. The number of pyridine rings is 1. The highest BCUT2D eigenvalue weighted by atomic mass is 19.3. The molecular weight excluding hydrogens is 456 g/mol. The first-order valence-electron chi connectivity index (χ1n) is 10.7. The van der Waals surface area contributed by atoms with Gasteiger partial charge in [0.25, 0.3) is 11.9 Å². The predicted octanol–water partition coefficient (Wildman–Crippen LogP) is 3.90. The molecule has 8 nitrogen and oxygen atoms in total. The molecule has 0 saturated heterocycles. The predicted molar refractivity (Wildman–Crippen MR) is 122 cm³/mol. The summed E-state index contributed by atoms with van der Waals surface area (Å²) in [4.78, 5) is 20.7. The first-order valence-corrected chi connectivity index (χ1v) is 10.7. The Morgan fingerprint density at radius 2 is 1.97 bits per heavy atom. The van der Waals surface area contributed by atoms with Crippen LogP contribution in [0.2, 0.25) is 0 Å². The van der Waals surface area contributed by atoms with Gasteiger partial charge >= 0.3 is 5.92 Å². The fraction of sp³-hybridized carbons (Fsp3) is 0.200. The van der Waals surface area contributed by atoms with E-state index in [0.717, 1.165) is 5.56 Å². The van der Waals surface area contributed by atoms with Crippen LogP contribution in [-0.4, -0.2) is 29.4 Å². The fourth-order valence-corrected chi connectivity index (χ4v) is 4.29. The van der Waals surface area contributed by atoms with Gasteiger partial charge in [-0.05, 0) is 35.9 Å². The van der Waals surface area contributed by atoms with Crippen LogP contribution >= 0.6 is 0 Å². The number of hydrogen-bond donors (Lipinski definition) is 2. The lowest BCUT2D eigenvalue weighted by Gasteiger charge is -2.45. The lowest BCUT2D eigenvalue weighted by Crippen LogP contribution is -2.55. The van der Waals surface area contributed by atoms with Gasteiger partial charge in [0.2, 0.25) is 0 Å². The van der Waals surface area contributed by atoms with E-state index < -0.39 is 30.1 Å². The van der Waals surface area contributed by atoms with Gasteiger partial charge in [0, 0.05) is 23.9 Å². The second-order valence-electron chi connectivity index (χ2n) is 8.23. The molecule has 2 aliphatic rings. The van der Waals surface area contributed by atoms with Crippen LogP contribution in [0.3, 0.4) is 0 Å². The van der Waals surface area contributed by atoms with E-state index in [-0.39, 0.29) is 35.1 Å². The smallest absolute Gasteiger partial charge is 0.310 e. The zero-order valence-electron chi connectivity index (χ0n) is 18.2. The molecule has 1 amide bonds. The van der Waals surface area contributed by atoms with Crippen molar-refractivity contribution in [1.29, 1.82) is 5.26 Å². The standard InChI is InChI=1S/C25H19F2N5O3/c26-25(27)14-34-23(29)32-24(25)11-21(16-4-2-1-3-5-16)35-20-9-7-17(10-18(20)24)31-22(33)19-8-6-15(12-28)13-30-19/h1-10,13,21H,11,14H2,(H2,29,32)(H,31,33). The number of fused-ring (bicyclic) bond motifs is 2. The average Bonchev–Trinajstić information content (AvgIpc) is 2.87. The molecule has 3 heterocycles. The van der Waals surface area contributed by atoms with E-state index in [2.05, 4.69) is 15.3 Å². The molecule has 3 aromatic rings. The van der Waals surface area contributed by atoms with Crippen LogP contribution in [-0.2, 0) is 10.3 Å². The highest BCUT2D eigenvalue weighted by Crippen LogP contribution is 2.55. The second kappa shape index (κ2) is 8.36. The molecule has 0 saturated carbocycles. The van der Waals surface area contributed by atoms with Gasteiger partial charge in [-0.3, -0.25) is 4.79 Å². The number of amides is 1. The maximum Gasteiger partial charge on any atom is 0.310 e. The van der Waals surface area contributed by atoms with Crippen molar-refractivity contribution < 1.29 is 23.0 Å². The van der Waals surface area contributed by atoms with Gasteiger partial charge in [0.1, 0.15) is 23.6 Å². The number of alkyl halides is 2. The first-order chi connectivity index (χ1) is 16.8. The van der Waals surface area contributed by atoms with E-state index in [1.807, 2.05) is 12.1 Å². The number of aromatic nitrogens is 1. The van der Waals surface area contributed by atoms with Crippen molar-refractivity contribution in [2.75, 3.05) is 11.9 Å². The van der Waals surface area contributed by atoms with Crippen LogP contribution in [0.25, 0.3) is 0 Å². The Balaban J connectivity index is 1.55. The number of rotatable bonds is 3. The first kappa shape index (κ1) is 22.3. The van der Waals surface area contributed by atoms with Crippen molar-refractivity contribution >= 4 is 17.6 Å². The second-order valence-corrected chi connectivity index (χ2v) is 8.23. The zero-order valence-corrected chi connectivity index (χ0v) is 18.2. The van der Waals surface area contributed by atoms with Crippen molar-refractivity contribution in [2.24, 2.45) is 10.7 Å². The van der Waals surface area contributed by atoms with Gasteiger partial charge in [-0.15, -0.1) is 0 Å². The van der Waals surface area contributed by atoms with E-state index in [1.165, 1.54) is 30.5 Å². The van der Waals surface area contributed by atoms with Crippen molar-refractivity contribution in [3.8, 4) is 11.8 Å². The highest BCUT2D eigenvalue weighted by molar-refractivity contribution is 6.03. The molecule has 1 aromatic heterocycles. The number of aliphatic imine (C=N–C) groups is 1. The monoisotopic (exact) mass is 475 g/mol. The summed E-state index contributed by atoms with van der Waals surface area (Å²) in [6.45, 7) is -0.935. The topological polar surface area (TPSA) is 123 Å². The van der Waals surface area contributed by atoms with Crippen LogP contribution in [0, 0.1) is 11.3 Å². The number of nitrogens with two attached hydrogens (primary N) is 1. The normalized spacial score (nSPS) is 22.1. The summed E-state index contributed by atoms with van der Waals surface area (Å²) < 4.78 is 42.1. The maximum absolute atomic E-state index is 15.6. The van der Waals surface area contributed by atoms with E-state index in [0.29, 0.717) is 5.56 Å². The van der Waals surface area contributed by atoms with E-state index in [9.17, 15) is 4.79 Å². The quantitative estimate of drug-likeness (QED) is 0.592. The Morgan fingerprint density at radius 3 is 2.69 bits per heavy atom. The summed E-state index contributed by atoms with van der Waals surface area (Å²) in [6.07, 6.45) is 0.386. The van der Waals surface area contributed by atoms with Crippen LogP contribution in [0.5, 0.6) is 5.75 Å². The zero-order chi connectivity index (χ0) is 24.6. The number of carbonyl (C=O) groups is 1. The SMILES string of the molecule is N#Cc1ccc(C(=O)Nc2ccc3c(c2)C2(CC(c4ccccc4)O3)N=C(N)OCC2(F)F)nc1. The Hall–Kier alpha value is -4.52. The number of nitrogens with zero attached hydrogens (tertiary/aromatic N) is 3. The summed E-state index contributed by atoms with van der Waals surface area (Å²) in [5.41, 5.74) is 5.14.